The summed E-state index contributed by atoms with van der Waals surface area (Å²) in [5.41, 5.74) is 1.47. The average molecular weight is 278 g/mol. The van der Waals surface area contributed by atoms with Gasteiger partial charge in [-0.2, -0.15) is 0 Å². The van der Waals surface area contributed by atoms with Gasteiger partial charge in [0.25, 0.3) is 0 Å². The zero-order valence-corrected chi connectivity index (χ0v) is 12.1. The van der Waals surface area contributed by atoms with E-state index in [2.05, 4.69) is 5.43 Å². The summed E-state index contributed by atoms with van der Waals surface area (Å²) >= 11 is 0. The molecule has 0 aliphatic rings. The minimum atomic E-state index is -0.641. The summed E-state index contributed by atoms with van der Waals surface area (Å²) in [7, 11) is 1.63. The van der Waals surface area contributed by atoms with Crippen LogP contribution in [-0.4, -0.2) is 59.3 Å². The molecular weight excluding hydrogens is 252 g/mol. The number of nitrogens with two attached hydrogens (primary N) is 1. The smallest absolute Gasteiger partial charge is 0.241 e. The molecule has 1 amide bonds. The first kappa shape index (κ1) is 18.3. The van der Waals surface area contributed by atoms with Gasteiger partial charge in [0.05, 0.1) is 51.7 Å². The van der Waals surface area contributed by atoms with Crippen LogP contribution in [0.3, 0.4) is 0 Å². The molecule has 3 N–H and O–H groups in total. The van der Waals surface area contributed by atoms with Crippen LogP contribution in [0.5, 0.6) is 0 Å². The standard InChI is InChI=1S/C12H26N2O5/c1-12(2,11(15)14-13)10-19-9-8-18-7-6-17-5-4-16-3/h4-10,13H2,1-3H3,(H,14,15). The predicted octanol–water partition coefficient (Wildman–Crippen LogP) is -0.301. The number of rotatable bonds is 12. The second-order valence-electron chi connectivity index (χ2n) is 4.63. The Labute approximate surface area is 114 Å². The fourth-order valence-electron chi connectivity index (χ4n) is 1.17. The number of carbonyl (C=O) groups excluding carboxylic acids is 1. The number of amides is 1. The molecule has 0 aromatic rings. The van der Waals surface area contributed by atoms with Crippen LogP contribution in [0.15, 0.2) is 0 Å². The maximum atomic E-state index is 11.4. The third kappa shape index (κ3) is 9.80. The zero-order valence-electron chi connectivity index (χ0n) is 12.1. The highest BCUT2D eigenvalue weighted by molar-refractivity contribution is 5.81. The van der Waals surface area contributed by atoms with E-state index in [1.807, 2.05) is 0 Å². The summed E-state index contributed by atoms with van der Waals surface area (Å²) in [6, 6.07) is 0. The molecule has 7 heteroatoms. The summed E-state index contributed by atoms with van der Waals surface area (Å²) in [5, 5.41) is 0. The minimum absolute atomic E-state index is 0.250. The maximum Gasteiger partial charge on any atom is 0.241 e. The van der Waals surface area contributed by atoms with E-state index in [0.717, 1.165) is 0 Å². The largest absolute Gasteiger partial charge is 0.382 e. The van der Waals surface area contributed by atoms with Crippen LogP contribution in [0.2, 0.25) is 0 Å². The van der Waals surface area contributed by atoms with Crippen molar-refractivity contribution in [2.24, 2.45) is 11.3 Å². The third-order valence-electron chi connectivity index (χ3n) is 2.38. The van der Waals surface area contributed by atoms with E-state index in [4.69, 9.17) is 24.8 Å². The molecule has 0 fully saturated rings. The highest BCUT2D eigenvalue weighted by atomic mass is 16.6. The molecule has 0 unspecified atom stereocenters. The lowest BCUT2D eigenvalue weighted by Crippen LogP contribution is -2.43. The summed E-state index contributed by atoms with van der Waals surface area (Å²) < 4.78 is 20.7. The molecule has 0 aromatic carbocycles. The Balaban J connectivity index is 3.33. The molecule has 0 aliphatic heterocycles. The van der Waals surface area contributed by atoms with Gasteiger partial charge >= 0.3 is 0 Å². The van der Waals surface area contributed by atoms with Crippen molar-refractivity contribution in [3.8, 4) is 0 Å². The summed E-state index contributed by atoms with van der Waals surface area (Å²) in [6.07, 6.45) is 0. The van der Waals surface area contributed by atoms with E-state index in [-0.39, 0.29) is 5.91 Å². The lowest BCUT2D eigenvalue weighted by atomic mass is 9.94. The van der Waals surface area contributed by atoms with Crippen LogP contribution >= 0.6 is 0 Å². The van der Waals surface area contributed by atoms with Gasteiger partial charge in [0.2, 0.25) is 5.91 Å². The van der Waals surface area contributed by atoms with Gasteiger partial charge in [-0.3, -0.25) is 10.2 Å². The first-order valence-corrected chi connectivity index (χ1v) is 6.28. The normalized spacial score (nSPS) is 11.6. The zero-order chi connectivity index (χ0) is 14.6. The van der Waals surface area contributed by atoms with Gasteiger partial charge in [-0.15, -0.1) is 0 Å². The number of methoxy groups -OCH3 is 1. The van der Waals surface area contributed by atoms with Crippen molar-refractivity contribution in [3.63, 3.8) is 0 Å². The van der Waals surface area contributed by atoms with Crippen LogP contribution in [0, 0.1) is 5.41 Å². The lowest BCUT2D eigenvalue weighted by molar-refractivity contribution is -0.133. The topological polar surface area (TPSA) is 92.0 Å². The third-order valence-corrected chi connectivity index (χ3v) is 2.38. The van der Waals surface area contributed by atoms with E-state index in [1.165, 1.54) is 0 Å². The average Bonchev–Trinajstić information content (AvgIpc) is 2.39. The molecule has 0 aliphatic carbocycles. The Kier molecular flexibility index (Phi) is 10.7. The molecule has 0 heterocycles. The highest BCUT2D eigenvalue weighted by Gasteiger charge is 2.26. The van der Waals surface area contributed by atoms with Gasteiger partial charge in [-0.25, -0.2) is 5.84 Å². The first-order valence-electron chi connectivity index (χ1n) is 6.28. The molecule has 0 aromatic heterocycles. The number of hydrogen-bond acceptors (Lipinski definition) is 6. The Morgan fingerprint density at radius 3 is 1.95 bits per heavy atom. The number of ether oxygens (including phenoxy) is 4. The number of carbonyl (C=O) groups is 1. The monoisotopic (exact) mass is 278 g/mol. The van der Waals surface area contributed by atoms with E-state index < -0.39 is 5.41 Å². The fourth-order valence-corrected chi connectivity index (χ4v) is 1.17. The SMILES string of the molecule is COCCOCCOCCOCC(C)(C)C(=O)NN. The van der Waals surface area contributed by atoms with E-state index in [0.29, 0.717) is 46.2 Å². The number of hydrogen-bond donors (Lipinski definition) is 2. The summed E-state index contributed by atoms with van der Waals surface area (Å²) in [6.45, 7) is 6.92. The van der Waals surface area contributed by atoms with Gasteiger partial charge < -0.3 is 18.9 Å². The highest BCUT2D eigenvalue weighted by Crippen LogP contribution is 2.14. The second kappa shape index (κ2) is 11.1. The molecule has 0 spiro atoms. The van der Waals surface area contributed by atoms with Crippen LogP contribution in [-0.2, 0) is 23.7 Å². The molecule has 7 nitrogen and oxygen atoms in total. The second-order valence-corrected chi connectivity index (χ2v) is 4.63. The van der Waals surface area contributed by atoms with Gasteiger partial charge in [0.1, 0.15) is 0 Å². The van der Waals surface area contributed by atoms with Crippen molar-refractivity contribution in [2.45, 2.75) is 13.8 Å². The molecule has 0 rings (SSSR count). The van der Waals surface area contributed by atoms with Gasteiger partial charge in [-0.1, -0.05) is 0 Å². The molecule has 0 bridgehead atoms. The fraction of sp³-hybridized carbons (Fsp3) is 0.917. The van der Waals surface area contributed by atoms with E-state index in [9.17, 15) is 4.79 Å². The van der Waals surface area contributed by atoms with E-state index >= 15 is 0 Å². The van der Waals surface area contributed by atoms with Crippen molar-refractivity contribution in [1.82, 2.24) is 5.43 Å². The van der Waals surface area contributed by atoms with Crippen molar-refractivity contribution < 1.29 is 23.7 Å². The molecule has 0 saturated heterocycles. The Morgan fingerprint density at radius 2 is 1.47 bits per heavy atom. The first-order chi connectivity index (χ1) is 9.04. The molecule has 0 atom stereocenters. The van der Waals surface area contributed by atoms with Gasteiger partial charge in [0, 0.05) is 7.11 Å². The Morgan fingerprint density at radius 1 is 1.00 bits per heavy atom. The number of hydrazine groups is 1. The minimum Gasteiger partial charge on any atom is -0.382 e. The Bertz CT molecular complexity index is 236. The van der Waals surface area contributed by atoms with Gasteiger partial charge in [-0.05, 0) is 13.8 Å². The maximum absolute atomic E-state index is 11.4. The molecule has 0 radical (unpaired) electrons. The van der Waals surface area contributed by atoms with Crippen LogP contribution in [0.1, 0.15) is 13.8 Å². The van der Waals surface area contributed by atoms with Crippen molar-refractivity contribution >= 4 is 5.91 Å². The quantitative estimate of drug-likeness (QED) is 0.220. The van der Waals surface area contributed by atoms with Crippen LogP contribution < -0.4 is 11.3 Å². The Hall–Kier alpha value is -0.730. The van der Waals surface area contributed by atoms with Gasteiger partial charge in [0.15, 0.2) is 0 Å². The molecular formula is C12H26N2O5. The predicted molar refractivity (Wildman–Crippen MR) is 70.4 cm³/mol. The van der Waals surface area contributed by atoms with Crippen molar-refractivity contribution in [3.05, 3.63) is 0 Å². The lowest BCUT2D eigenvalue weighted by Gasteiger charge is -2.21. The van der Waals surface area contributed by atoms with Crippen LogP contribution in [0.4, 0.5) is 0 Å². The summed E-state index contributed by atoms with van der Waals surface area (Å²) in [4.78, 5) is 11.4. The molecule has 19 heavy (non-hydrogen) atoms. The van der Waals surface area contributed by atoms with Crippen molar-refractivity contribution in [1.29, 1.82) is 0 Å². The molecule has 0 saturated carbocycles. The van der Waals surface area contributed by atoms with E-state index in [1.54, 1.807) is 21.0 Å². The van der Waals surface area contributed by atoms with Crippen LogP contribution in [0.25, 0.3) is 0 Å². The molecule has 114 valence electrons. The summed E-state index contributed by atoms with van der Waals surface area (Å²) in [5.74, 6) is 4.83. The number of nitrogens with one attached hydrogen (secondary N) is 1. The van der Waals surface area contributed by atoms with Crippen molar-refractivity contribution in [2.75, 3.05) is 53.4 Å².